The number of hydrogen-bond donors (Lipinski definition) is 2. The van der Waals surface area contributed by atoms with Gasteiger partial charge in [-0.25, -0.2) is 9.37 Å². The molecule has 0 fully saturated rings. The molecule has 0 bridgehead atoms. The Hall–Kier alpha value is -4.98. The van der Waals surface area contributed by atoms with Gasteiger partial charge in [-0.3, -0.25) is 14.5 Å². The Morgan fingerprint density at radius 3 is 2.56 bits per heavy atom. The van der Waals surface area contributed by atoms with Crippen LogP contribution < -0.4 is 15.0 Å². The molecule has 0 saturated carbocycles. The van der Waals surface area contributed by atoms with Crippen LogP contribution in [0.4, 0.5) is 15.8 Å². The van der Waals surface area contributed by atoms with Crippen LogP contribution in [-0.2, 0) is 11.4 Å². The molecule has 43 heavy (non-hydrogen) atoms. The fourth-order valence-electron chi connectivity index (χ4n) is 5.91. The Labute approximate surface area is 249 Å². The maximum Gasteiger partial charge on any atom is 0.277 e. The lowest BCUT2D eigenvalue weighted by molar-refractivity contribution is -0.118. The molecule has 2 aliphatic rings. The van der Waals surface area contributed by atoms with Crippen LogP contribution in [0, 0.1) is 18.2 Å². The van der Waals surface area contributed by atoms with Gasteiger partial charge in [0.05, 0.1) is 11.7 Å². The van der Waals surface area contributed by atoms with Crippen LogP contribution in [0.25, 0.3) is 0 Å². The average molecular weight is 578 g/mol. The summed E-state index contributed by atoms with van der Waals surface area (Å²) in [5, 5.41) is 14.2. The van der Waals surface area contributed by atoms with Crippen molar-refractivity contribution in [3.8, 4) is 11.5 Å². The first kappa shape index (κ1) is 28.2. The number of pyridine rings is 1. The number of allylic oxidation sites excluding steroid dienone is 1. The van der Waals surface area contributed by atoms with E-state index in [1.807, 2.05) is 44.2 Å². The highest BCUT2D eigenvalue weighted by Gasteiger charge is 2.45. The van der Waals surface area contributed by atoms with Crippen LogP contribution in [0.2, 0.25) is 0 Å². The van der Waals surface area contributed by atoms with Crippen molar-refractivity contribution in [2.75, 3.05) is 10.2 Å². The number of anilines is 2. The molecule has 6 rings (SSSR count). The maximum atomic E-state index is 16.3. The van der Waals surface area contributed by atoms with Gasteiger partial charge in [0, 0.05) is 35.0 Å². The Bertz CT molecular complexity index is 1770. The minimum absolute atomic E-state index is 0.0963. The van der Waals surface area contributed by atoms with Gasteiger partial charge in [0.1, 0.15) is 35.3 Å². The third kappa shape index (κ3) is 5.48. The standard InChI is InChI=1S/C35H32FN3O4/c1-21-9-7-12-26(37-21)34(42)39-28-13-8-14-29(40)32(28)38-27-18-35(2,3)19-30(41)31(27)33(39)24-16-15-23(17-25(24)36)43-20-22-10-5-4-6-11-22/h4-17,33,38,40H,18-20H2,1-3H3/t33-/m1/s1. The minimum Gasteiger partial charge on any atom is -0.506 e. The molecule has 2 N–H and O–H groups in total. The number of halogens is 1. The molecule has 7 nitrogen and oxygen atoms in total. The number of Topliss-reactive ketones (excluding diaryl/α,β-unsaturated/α-hetero) is 1. The Balaban J connectivity index is 1.53. The predicted octanol–water partition coefficient (Wildman–Crippen LogP) is 7.27. The molecule has 1 atom stereocenters. The van der Waals surface area contributed by atoms with Gasteiger partial charge in [-0.15, -0.1) is 0 Å². The summed E-state index contributed by atoms with van der Waals surface area (Å²) in [4.78, 5) is 34.2. The summed E-state index contributed by atoms with van der Waals surface area (Å²) in [7, 11) is 0. The summed E-state index contributed by atoms with van der Waals surface area (Å²) < 4.78 is 22.1. The van der Waals surface area contributed by atoms with Gasteiger partial charge in [-0.05, 0) is 60.7 Å². The number of rotatable bonds is 5. The smallest absolute Gasteiger partial charge is 0.277 e. The van der Waals surface area contributed by atoms with Crippen molar-refractivity contribution in [2.45, 2.75) is 46.3 Å². The quantitative estimate of drug-likeness (QED) is 0.243. The highest BCUT2D eigenvalue weighted by atomic mass is 19.1. The van der Waals surface area contributed by atoms with Crippen LogP contribution in [0.3, 0.4) is 0 Å². The highest BCUT2D eigenvalue weighted by Crippen LogP contribution is 2.51. The lowest BCUT2D eigenvalue weighted by Crippen LogP contribution is -2.40. The van der Waals surface area contributed by atoms with Crippen molar-refractivity contribution >= 4 is 23.1 Å². The molecule has 0 unspecified atom stereocenters. The predicted molar refractivity (Wildman–Crippen MR) is 162 cm³/mol. The second kappa shape index (κ2) is 11.0. The Morgan fingerprint density at radius 1 is 1.05 bits per heavy atom. The summed E-state index contributed by atoms with van der Waals surface area (Å²) >= 11 is 0. The first-order valence-electron chi connectivity index (χ1n) is 14.2. The van der Waals surface area contributed by atoms with E-state index < -0.39 is 17.8 Å². The molecule has 1 aromatic heterocycles. The number of aromatic nitrogens is 1. The van der Waals surface area contributed by atoms with Crippen molar-refractivity contribution in [1.82, 2.24) is 4.98 Å². The van der Waals surface area contributed by atoms with E-state index in [9.17, 15) is 14.7 Å². The first-order chi connectivity index (χ1) is 20.6. The van der Waals surface area contributed by atoms with Gasteiger partial charge in [0.25, 0.3) is 5.91 Å². The van der Waals surface area contributed by atoms with Crippen LogP contribution in [0.1, 0.15) is 60.0 Å². The molecule has 4 aromatic rings. The SMILES string of the molecule is Cc1cccc(C(=O)N2c3cccc(O)c3NC3=C(C(=O)CC(C)(C)C3)[C@H]2c2ccc(OCc3ccccc3)cc2F)n1. The van der Waals surface area contributed by atoms with Crippen molar-refractivity contribution in [3.05, 3.63) is 125 Å². The summed E-state index contributed by atoms with van der Waals surface area (Å²) in [6.45, 7) is 6.01. The molecule has 0 spiro atoms. The van der Waals surface area contributed by atoms with Gasteiger partial charge in [0.2, 0.25) is 0 Å². The van der Waals surface area contributed by atoms with E-state index in [4.69, 9.17) is 4.74 Å². The van der Waals surface area contributed by atoms with E-state index in [0.717, 1.165) is 5.56 Å². The monoisotopic (exact) mass is 577 g/mol. The fourth-order valence-corrected chi connectivity index (χ4v) is 5.91. The highest BCUT2D eigenvalue weighted by molar-refractivity contribution is 6.11. The van der Waals surface area contributed by atoms with Gasteiger partial charge < -0.3 is 15.2 Å². The van der Waals surface area contributed by atoms with E-state index in [-0.39, 0.29) is 52.5 Å². The molecule has 1 aliphatic carbocycles. The number of aromatic hydroxyl groups is 1. The number of para-hydroxylation sites is 1. The number of ether oxygens (including phenoxy) is 1. The van der Waals surface area contributed by atoms with Crippen molar-refractivity contribution in [1.29, 1.82) is 0 Å². The summed E-state index contributed by atoms with van der Waals surface area (Å²) in [5.41, 5.74) is 2.86. The molecule has 2 heterocycles. The molecule has 8 heteroatoms. The molecule has 0 radical (unpaired) electrons. The Kier molecular flexibility index (Phi) is 7.22. The second-order valence-electron chi connectivity index (χ2n) is 11.8. The number of hydrogen-bond acceptors (Lipinski definition) is 6. The number of carbonyl (C=O) groups excluding carboxylic acids is 2. The number of ketones is 1. The van der Waals surface area contributed by atoms with E-state index in [1.165, 1.54) is 17.0 Å². The molecule has 1 aliphatic heterocycles. The maximum absolute atomic E-state index is 16.3. The van der Waals surface area contributed by atoms with Gasteiger partial charge in [-0.2, -0.15) is 0 Å². The number of amides is 1. The minimum atomic E-state index is -1.13. The largest absolute Gasteiger partial charge is 0.506 e. The third-order valence-corrected chi connectivity index (χ3v) is 7.85. The zero-order chi connectivity index (χ0) is 30.3. The number of nitrogens with zero attached hydrogens (tertiary/aromatic N) is 2. The van der Waals surface area contributed by atoms with Crippen LogP contribution in [-0.4, -0.2) is 21.8 Å². The summed E-state index contributed by atoms with van der Waals surface area (Å²) in [5.74, 6) is -1.13. The van der Waals surface area contributed by atoms with E-state index in [0.29, 0.717) is 29.2 Å². The molecule has 218 valence electrons. The topological polar surface area (TPSA) is 91.8 Å². The number of nitrogens with one attached hydrogen (secondary N) is 1. The van der Waals surface area contributed by atoms with E-state index in [2.05, 4.69) is 10.3 Å². The molecule has 0 saturated heterocycles. The van der Waals surface area contributed by atoms with E-state index in [1.54, 1.807) is 49.4 Å². The van der Waals surface area contributed by atoms with Gasteiger partial charge in [-0.1, -0.05) is 56.3 Å². The molecule has 1 amide bonds. The van der Waals surface area contributed by atoms with Crippen molar-refractivity contribution in [2.24, 2.45) is 5.41 Å². The van der Waals surface area contributed by atoms with Gasteiger partial charge >= 0.3 is 0 Å². The number of phenols is 1. The Morgan fingerprint density at radius 2 is 1.81 bits per heavy atom. The fraction of sp³-hybridized carbons (Fsp3) is 0.229. The number of fused-ring (bicyclic) bond motifs is 1. The number of benzene rings is 3. The third-order valence-electron chi connectivity index (χ3n) is 7.85. The van der Waals surface area contributed by atoms with Crippen LogP contribution >= 0.6 is 0 Å². The average Bonchev–Trinajstić information content (AvgIpc) is 3.11. The number of phenolic OH excluding ortho intramolecular Hbond substituents is 1. The van der Waals surface area contributed by atoms with Crippen molar-refractivity contribution in [3.63, 3.8) is 0 Å². The molecular weight excluding hydrogens is 545 g/mol. The zero-order valence-corrected chi connectivity index (χ0v) is 24.2. The zero-order valence-electron chi connectivity index (χ0n) is 24.2. The lowest BCUT2D eigenvalue weighted by Gasteiger charge is -2.37. The normalized spacial score (nSPS) is 17.4. The summed E-state index contributed by atoms with van der Waals surface area (Å²) in [6.07, 6.45) is 0.680. The van der Waals surface area contributed by atoms with Gasteiger partial charge in [0.15, 0.2) is 5.78 Å². The summed E-state index contributed by atoms with van der Waals surface area (Å²) in [6, 6.07) is 22.8. The first-order valence-corrected chi connectivity index (χ1v) is 14.2. The van der Waals surface area contributed by atoms with E-state index >= 15 is 4.39 Å². The molecule has 3 aromatic carbocycles. The lowest BCUT2D eigenvalue weighted by atomic mass is 9.73. The second-order valence-corrected chi connectivity index (χ2v) is 11.8. The number of aryl methyl sites for hydroxylation is 1. The van der Waals surface area contributed by atoms with Crippen LogP contribution in [0.15, 0.2) is 96.2 Å². The molecular formula is C35H32FN3O4. The van der Waals surface area contributed by atoms with Crippen molar-refractivity contribution < 1.29 is 23.8 Å². The van der Waals surface area contributed by atoms with Crippen LogP contribution in [0.5, 0.6) is 11.5 Å². The number of carbonyl (C=O) groups is 2.